The van der Waals surface area contributed by atoms with Crippen molar-refractivity contribution in [2.75, 3.05) is 14.2 Å². The summed E-state index contributed by atoms with van der Waals surface area (Å²) in [5, 5.41) is 22.3. The van der Waals surface area contributed by atoms with E-state index in [1.54, 1.807) is 85.2 Å². The molecule has 0 bridgehead atoms. The van der Waals surface area contributed by atoms with Gasteiger partial charge in [-0.25, -0.2) is 33.5 Å². The highest BCUT2D eigenvalue weighted by Crippen LogP contribution is 2.32. The van der Waals surface area contributed by atoms with E-state index in [1.165, 1.54) is 71.4 Å². The number of carbonyl (C=O) groups is 1. The zero-order valence-corrected chi connectivity index (χ0v) is 31.0. The van der Waals surface area contributed by atoms with Crippen molar-refractivity contribution in [1.29, 1.82) is 5.26 Å². The fourth-order valence-corrected chi connectivity index (χ4v) is 6.34. The van der Waals surface area contributed by atoms with Gasteiger partial charge in [0.1, 0.15) is 47.4 Å². The number of para-hydroxylation sites is 2. The molecular weight excluding hydrogens is 763 g/mol. The zero-order valence-electron chi connectivity index (χ0n) is 29.5. The van der Waals surface area contributed by atoms with Crippen LogP contribution in [-0.2, 0) is 20.8 Å². The Bertz CT molecular complexity index is 2680. The summed E-state index contributed by atoms with van der Waals surface area (Å²) in [5.41, 5.74) is 0.642. The molecule has 0 spiro atoms. The largest absolute Gasteiger partial charge is 0.842 e. The van der Waals surface area contributed by atoms with Gasteiger partial charge in [0.05, 0.1) is 49.1 Å². The Kier molecular flexibility index (Phi) is 12.2. The van der Waals surface area contributed by atoms with Gasteiger partial charge in [-0.2, -0.15) is 9.66 Å². The van der Waals surface area contributed by atoms with Gasteiger partial charge < -0.3 is 24.1 Å². The summed E-state index contributed by atoms with van der Waals surface area (Å²) in [6, 6.07) is 28.0. The molecule has 56 heavy (non-hydrogen) atoms. The first-order valence-electron chi connectivity index (χ1n) is 16.4. The quantitative estimate of drug-likeness (QED) is 0.0625. The second kappa shape index (κ2) is 17.8. The third-order valence-electron chi connectivity index (χ3n) is 7.86. The Hall–Kier alpha value is -7.15. The van der Waals surface area contributed by atoms with E-state index in [4.69, 9.17) is 30.5 Å². The maximum absolute atomic E-state index is 14.3. The van der Waals surface area contributed by atoms with E-state index in [0.717, 1.165) is 4.88 Å². The van der Waals surface area contributed by atoms with Crippen LogP contribution in [0.25, 0.3) is 22.3 Å². The van der Waals surface area contributed by atoms with Gasteiger partial charge in [-0.3, -0.25) is 0 Å². The average molecular weight is 791 g/mol. The smallest absolute Gasteiger partial charge is 0.349 e. The molecule has 0 aliphatic carbocycles. The van der Waals surface area contributed by atoms with Crippen molar-refractivity contribution in [2.45, 2.75) is 6.54 Å². The monoisotopic (exact) mass is 790 g/mol. The van der Waals surface area contributed by atoms with Crippen LogP contribution in [0.2, 0.25) is 4.47 Å². The molecule has 280 valence electrons. The number of thiazole rings is 1. The van der Waals surface area contributed by atoms with Crippen molar-refractivity contribution in [1.82, 2.24) is 19.4 Å². The minimum Gasteiger partial charge on any atom is -0.842 e. The number of pyridine rings is 1. The summed E-state index contributed by atoms with van der Waals surface area (Å²) in [7, 11) is 2.71. The molecule has 0 N–H and O–H groups in total. The number of hydrogen-bond acceptors (Lipinski definition) is 12. The predicted octanol–water partition coefficient (Wildman–Crippen LogP) is 6.72. The Labute approximate surface area is 327 Å². The molecule has 7 rings (SSSR count). The third-order valence-corrected chi connectivity index (χ3v) is 8.96. The number of benzene rings is 3. The molecule has 4 aromatic heterocycles. The van der Waals surface area contributed by atoms with Gasteiger partial charge in [0, 0.05) is 23.4 Å². The summed E-state index contributed by atoms with van der Waals surface area (Å²) in [5.74, 6) is -0.660. The van der Waals surface area contributed by atoms with Crippen LogP contribution in [0.15, 0.2) is 127 Å². The van der Waals surface area contributed by atoms with Crippen LogP contribution in [0.1, 0.15) is 16.0 Å². The predicted molar refractivity (Wildman–Crippen MR) is 202 cm³/mol. The van der Waals surface area contributed by atoms with Crippen LogP contribution < -0.4 is 24.7 Å². The maximum atomic E-state index is 14.3. The van der Waals surface area contributed by atoms with Gasteiger partial charge in [-0.1, -0.05) is 66.2 Å². The van der Waals surface area contributed by atoms with Crippen molar-refractivity contribution in [3.05, 3.63) is 159 Å². The minimum atomic E-state index is -0.620. The number of halogens is 2. The van der Waals surface area contributed by atoms with Gasteiger partial charge in [0.2, 0.25) is 11.8 Å². The highest BCUT2D eigenvalue weighted by molar-refractivity contribution is 7.15. The number of methoxy groups -OCH3 is 2. The lowest BCUT2D eigenvalue weighted by molar-refractivity contribution is -0.707. The standard InChI is InChI=1S/C22H17N3O5.C18H11ClFN3O2S/c1-27-13-17(22(26)28-2)16-8-4-6-10-19(16)30-21-11-20(24-14-25-21)29-18-9-5-3-7-15(18)12-23;19-18-21-9-11(26-18)10-23-14-7-3-4-8-22(14)16(24)15(17(23)25)12-5-1-2-6-13(12)20/h3-11,13-14H,1-2H3;1-9H,10H2/b17-13+;. The molecule has 0 aliphatic heterocycles. The number of esters is 1. The zero-order chi connectivity index (χ0) is 39.6. The molecule has 7 aromatic rings. The molecule has 0 saturated heterocycles. The van der Waals surface area contributed by atoms with Gasteiger partial charge in [-0.05, 0) is 30.3 Å². The van der Waals surface area contributed by atoms with E-state index >= 15 is 0 Å². The van der Waals surface area contributed by atoms with Gasteiger partial charge in [0.15, 0.2) is 4.47 Å². The first-order valence-corrected chi connectivity index (χ1v) is 17.6. The summed E-state index contributed by atoms with van der Waals surface area (Å²) >= 11 is 7.12. The van der Waals surface area contributed by atoms with Crippen LogP contribution >= 0.6 is 22.9 Å². The first kappa shape index (κ1) is 38.6. The number of rotatable bonds is 10. The molecule has 3 aromatic carbocycles. The molecule has 0 aliphatic rings. The minimum absolute atomic E-state index is 0.0168. The van der Waals surface area contributed by atoms with Gasteiger partial charge >= 0.3 is 11.5 Å². The summed E-state index contributed by atoms with van der Waals surface area (Å²) in [6.45, 7) is 0.179. The summed E-state index contributed by atoms with van der Waals surface area (Å²) < 4.78 is 38.8. The fraction of sp³-hybridized carbons (Fsp3) is 0.0750. The Balaban J connectivity index is 0.000000191. The van der Waals surface area contributed by atoms with E-state index < -0.39 is 23.2 Å². The Morgan fingerprint density at radius 1 is 0.964 bits per heavy atom. The fourth-order valence-electron chi connectivity index (χ4n) is 5.37. The molecule has 16 heteroatoms. The number of fused-ring (bicyclic) bond motifs is 1. The van der Waals surface area contributed by atoms with E-state index in [9.17, 15) is 24.3 Å². The third kappa shape index (κ3) is 8.63. The molecular formula is C40H28ClFN6O7S. The molecule has 0 unspecified atom stereocenters. The van der Waals surface area contributed by atoms with Crippen LogP contribution in [-0.4, -0.2) is 39.5 Å². The van der Waals surface area contributed by atoms with Gasteiger partial charge in [0.25, 0.3) is 5.65 Å². The Morgan fingerprint density at radius 3 is 2.34 bits per heavy atom. The molecule has 0 saturated carbocycles. The molecule has 0 fully saturated rings. The number of nitriles is 1. The lowest BCUT2D eigenvalue weighted by atomic mass is 10.1. The van der Waals surface area contributed by atoms with Gasteiger partial charge in [-0.15, -0.1) is 11.3 Å². The number of carbonyl (C=O) groups excluding carboxylic acids is 1. The maximum Gasteiger partial charge on any atom is 0.349 e. The normalized spacial score (nSPS) is 10.9. The molecule has 0 atom stereocenters. The SMILES string of the molecule is CO/C=C(/C(=O)OC)c1ccccc1Oc1cc(Oc2ccccc2C#N)ncn1.O=c1c(-c2ccccc2F)c([O-])[n+](Cc2cnc(Cl)s2)c2ccccn12. The molecule has 0 amide bonds. The number of hydrogen-bond donors (Lipinski definition) is 0. The molecule has 4 heterocycles. The van der Waals surface area contributed by atoms with E-state index in [-0.39, 0.29) is 35.0 Å². The lowest BCUT2D eigenvalue weighted by Crippen LogP contribution is -2.44. The number of aromatic nitrogens is 5. The lowest BCUT2D eigenvalue weighted by Gasteiger charge is -2.16. The van der Waals surface area contributed by atoms with Crippen molar-refractivity contribution in [3.63, 3.8) is 0 Å². The van der Waals surface area contributed by atoms with Crippen LogP contribution in [0.4, 0.5) is 4.39 Å². The van der Waals surface area contributed by atoms with Crippen molar-refractivity contribution in [3.8, 4) is 46.3 Å². The molecule has 0 radical (unpaired) electrons. The summed E-state index contributed by atoms with van der Waals surface area (Å²) in [6.07, 6.45) is 5.68. The average Bonchev–Trinajstić information content (AvgIpc) is 3.64. The molecule has 13 nitrogen and oxygen atoms in total. The van der Waals surface area contributed by atoms with Crippen molar-refractivity contribution >= 4 is 40.1 Å². The first-order chi connectivity index (χ1) is 27.2. The van der Waals surface area contributed by atoms with E-state index in [2.05, 4.69) is 21.0 Å². The van der Waals surface area contributed by atoms with E-state index in [0.29, 0.717) is 32.7 Å². The second-order valence-electron chi connectivity index (χ2n) is 11.3. The Morgan fingerprint density at radius 2 is 1.64 bits per heavy atom. The number of nitrogens with zero attached hydrogens (tertiary/aromatic N) is 6. The van der Waals surface area contributed by atoms with Crippen LogP contribution in [0, 0.1) is 17.1 Å². The van der Waals surface area contributed by atoms with Crippen LogP contribution in [0.5, 0.6) is 29.1 Å². The highest BCUT2D eigenvalue weighted by Gasteiger charge is 2.23. The second-order valence-corrected chi connectivity index (χ2v) is 13.0. The van der Waals surface area contributed by atoms with Crippen LogP contribution in [0.3, 0.4) is 0 Å². The topological polar surface area (TPSA) is 165 Å². The van der Waals surface area contributed by atoms with Crippen molar-refractivity contribution in [2.24, 2.45) is 0 Å². The summed E-state index contributed by atoms with van der Waals surface area (Å²) in [4.78, 5) is 37.9. The van der Waals surface area contributed by atoms with E-state index in [1.807, 2.05) is 0 Å². The number of ether oxygens (including phenoxy) is 4. The highest BCUT2D eigenvalue weighted by atomic mass is 35.5. The van der Waals surface area contributed by atoms with Crippen molar-refractivity contribution < 1.29 is 37.8 Å².